The van der Waals surface area contributed by atoms with Gasteiger partial charge in [0.05, 0.1) is 15.5 Å². The van der Waals surface area contributed by atoms with Crippen LogP contribution in [0.4, 0.5) is 0 Å². The van der Waals surface area contributed by atoms with E-state index >= 15 is 0 Å². The van der Waals surface area contributed by atoms with E-state index in [2.05, 4.69) is 5.10 Å². The van der Waals surface area contributed by atoms with Crippen LogP contribution < -0.4 is 5.14 Å². The number of benzene rings is 1. The first-order valence-corrected chi connectivity index (χ1v) is 8.79. The van der Waals surface area contributed by atoms with Gasteiger partial charge in [0.25, 0.3) is 0 Å². The van der Waals surface area contributed by atoms with Crippen LogP contribution in [0.1, 0.15) is 10.4 Å². The van der Waals surface area contributed by atoms with Gasteiger partial charge >= 0.3 is 5.97 Å². The minimum Gasteiger partial charge on any atom is -0.478 e. The summed E-state index contributed by atoms with van der Waals surface area (Å²) >= 11 is 1.39. The molecule has 0 atom stereocenters. The van der Waals surface area contributed by atoms with E-state index < -0.39 is 16.0 Å². The molecular weight excluding hydrogens is 338 g/mol. The summed E-state index contributed by atoms with van der Waals surface area (Å²) in [5.41, 5.74) is 0.966. The molecule has 0 amide bonds. The van der Waals surface area contributed by atoms with E-state index in [-0.39, 0.29) is 10.5 Å². The minimum absolute atomic E-state index is 0.0228. The first-order chi connectivity index (χ1) is 10.9. The highest BCUT2D eigenvalue weighted by atomic mass is 32.2. The Hall–Kier alpha value is -2.49. The monoisotopic (exact) mass is 349 g/mol. The molecule has 3 aromatic rings. The van der Waals surface area contributed by atoms with E-state index in [4.69, 9.17) is 5.14 Å². The zero-order chi connectivity index (χ0) is 16.6. The molecule has 118 valence electrons. The van der Waals surface area contributed by atoms with Crippen molar-refractivity contribution in [2.75, 3.05) is 0 Å². The van der Waals surface area contributed by atoms with Crippen molar-refractivity contribution in [2.45, 2.75) is 4.90 Å². The number of rotatable bonds is 4. The van der Waals surface area contributed by atoms with Gasteiger partial charge < -0.3 is 5.11 Å². The van der Waals surface area contributed by atoms with Crippen molar-refractivity contribution in [1.82, 2.24) is 9.78 Å². The van der Waals surface area contributed by atoms with Crippen molar-refractivity contribution >= 4 is 27.3 Å². The van der Waals surface area contributed by atoms with E-state index in [0.717, 1.165) is 4.88 Å². The van der Waals surface area contributed by atoms with Crippen LogP contribution in [0.15, 0.2) is 52.9 Å². The maximum Gasteiger partial charge on any atom is 0.339 e. The number of nitrogens with zero attached hydrogens (tertiary/aromatic N) is 2. The molecular formula is C14H11N3O4S2. The van der Waals surface area contributed by atoms with Gasteiger partial charge in [0.2, 0.25) is 10.0 Å². The fourth-order valence-corrected chi connectivity index (χ4v) is 3.29. The molecule has 0 aliphatic rings. The van der Waals surface area contributed by atoms with Crippen LogP contribution in [-0.2, 0) is 10.0 Å². The summed E-state index contributed by atoms with van der Waals surface area (Å²) in [5.74, 6) is -1.08. The SMILES string of the molecule is NS(=O)(=O)c1ccc(-n2cc(C(=O)O)c(-c3cccs3)n2)cc1. The Morgan fingerprint density at radius 1 is 1.22 bits per heavy atom. The van der Waals surface area contributed by atoms with Crippen LogP contribution in [-0.4, -0.2) is 29.3 Å². The molecule has 0 radical (unpaired) electrons. The zero-order valence-electron chi connectivity index (χ0n) is 11.6. The molecule has 2 aromatic heterocycles. The lowest BCUT2D eigenvalue weighted by molar-refractivity contribution is 0.0697. The Morgan fingerprint density at radius 3 is 2.43 bits per heavy atom. The highest BCUT2D eigenvalue weighted by Crippen LogP contribution is 2.27. The third-order valence-corrected chi connectivity index (χ3v) is 4.93. The Kier molecular flexibility index (Phi) is 3.76. The summed E-state index contributed by atoms with van der Waals surface area (Å²) < 4.78 is 23.9. The Balaban J connectivity index is 2.07. The lowest BCUT2D eigenvalue weighted by Gasteiger charge is -2.02. The van der Waals surface area contributed by atoms with Gasteiger partial charge in [-0.05, 0) is 35.7 Å². The second kappa shape index (κ2) is 5.61. The summed E-state index contributed by atoms with van der Waals surface area (Å²) in [7, 11) is -3.78. The number of carbonyl (C=O) groups is 1. The average Bonchev–Trinajstić information content (AvgIpc) is 3.15. The van der Waals surface area contributed by atoms with E-state index in [1.165, 1.54) is 46.5 Å². The summed E-state index contributed by atoms with van der Waals surface area (Å²) in [6.45, 7) is 0. The van der Waals surface area contributed by atoms with E-state index in [9.17, 15) is 18.3 Å². The fraction of sp³-hybridized carbons (Fsp3) is 0. The summed E-state index contributed by atoms with van der Waals surface area (Å²) in [5, 5.41) is 20.5. The van der Waals surface area contributed by atoms with E-state index in [0.29, 0.717) is 11.4 Å². The van der Waals surface area contributed by atoms with Crippen LogP contribution in [0.5, 0.6) is 0 Å². The number of carboxylic acid groups (broad SMARTS) is 1. The molecule has 0 bridgehead atoms. The number of thiophene rings is 1. The summed E-state index contributed by atoms with van der Waals surface area (Å²) in [6.07, 6.45) is 1.39. The topological polar surface area (TPSA) is 115 Å². The van der Waals surface area contributed by atoms with Gasteiger partial charge in [0.1, 0.15) is 11.3 Å². The first kappa shape index (κ1) is 15.4. The largest absolute Gasteiger partial charge is 0.478 e. The van der Waals surface area contributed by atoms with Gasteiger partial charge in [0.15, 0.2) is 0 Å². The van der Waals surface area contributed by atoms with Gasteiger partial charge in [0, 0.05) is 6.20 Å². The van der Waals surface area contributed by atoms with E-state index in [1.54, 1.807) is 6.07 Å². The van der Waals surface area contributed by atoms with Crippen molar-refractivity contribution in [2.24, 2.45) is 5.14 Å². The molecule has 0 unspecified atom stereocenters. The zero-order valence-corrected chi connectivity index (χ0v) is 13.2. The molecule has 7 nitrogen and oxygen atoms in total. The highest BCUT2D eigenvalue weighted by molar-refractivity contribution is 7.89. The van der Waals surface area contributed by atoms with Crippen molar-refractivity contribution in [1.29, 1.82) is 0 Å². The quantitative estimate of drug-likeness (QED) is 0.747. The predicted molar refractivity (Wildman–Crippen MR) is 85.2 cm³/mol. The molecule has 9 heteroatoms. The normalized spacial score (nSPS) is 11.5. The van der Waals surface area contributed by atoms with Crippen molar-refractivity contribution < 1.29 is 18.3 Å². The number of aromatic carboxylic acids is 1. The Labute approximate surface area is 135 Å². The number of hydrogen-bond acceptors (Lipinski definition) is 5. The highest BCUT2D eigenvalue weighted by Gasteiger charge is 2.18. The van der Waals surface area contributed by atoms with Crippen LogP contribution in [0, 0.1) is 0 Å². The maximum atomic E-state index is 11.4. The second-order valence-corrected chi connectivity index (χ2v) is 7.17. The van der Waals surface area contributed by atoms with Crippen LogP contribution in [0.25, 0.3) is 16.3 Å². The van der Waals surface area contributed by atoms with Gasteiger partial charge in [-0.25, -0.2) is 23.0 Å². The smallest absolute Gasteiger partial charge is 0.339 e. The number of hydrogen-bond donors (Lipinski definition) is 2. The lowest BCUT2D eigenvalue weighted by Crippen LogP contribution is -2.12. The third-order valence-electron chi connectivity index (χ3n) is 3.13. The maximum absolute atomic E-state index is 11.4. The fourth-order valence-electron chi connectivity index (χ4n) is 2.05. The van der Waals surface area contributed by atoms with Crippen molar-refractivity contribution in [3.8, 4) is 16.3 Å². The average molecular weight is 349 g/mol. The van der Waals surface area contributed by atoms with Gasteiger partial charge in [-0.3, -0.25) is 0 Å². The Morgan fingerprint density at radius 2 is 1.91 bits per heavy atom. The molecule has 3 rings (SSSR count). The number of aromatic nitrogens is 2. The molecule has 0 saturated heterocycles. The van der Waals surface area contributed by atoms with Gasteiger partial charge in [-0.15, -0.1) is 11.3 Å². The summed E-state index contributed by atoms with van der Waals surface area (Å²) in [4.78, 5) is 12.1. The molecule has 2 heterocycles. The number of nitrogens with two attached hydrogens (primary N) is 1. The van der Waals surface area contributed by atoms with Gasteiger partial charge in [-0.2, -0.15) is 5.10 Å². The van der Waals surface area contributed by atoms with E-state index in [1.807, 2.05) is 11.4 Å². The number of carboxylic acids is 1. The van der Waals surface area contributed by atoms with Crippen molar-refractivity contribution in [3.05, 3.63) is 53.5 Å². The standard InChI is InChI=1S/C14H11N3O4S2/c15-23(20,21)10-5-3-9(4-6-10)17-8-11(14(18)19)13(16-17)12-2-1-7-22-12/h1-8H,(H,18,19)(H2,15,20,21). The van der Waals surface area contributed by atoms with Crippen molar-refractivity contribution in [3.63, 3.8) is 0 Å². The molecule has 1 aromatic carbocycles. The minimum atomic E-state index is -3.78. The van der Waals surface area contributed by atoms with Crippen LogP contribution >= 0.6 is 11.3 Å². The lowest BCUT2D eigenvalue weighted by atomic mass is 10.2. The van der Waals surface area contributed by atoms with Gasteiger partial charge in [-0.1, -0.05) is 6.07 Å². The molecule has 0 spiro atoms. The molecule has 0 aliphatic carbocycles. The molecule has 23 heavy (non-hydrogen) atoms. The predicted octanol–water partition coefficient (Wildman–Crippen LogP) is 1.95. The molecule has 0 aliphatic heterocycles. The van der Waals surface area contributed by atoms with Crippen LogP contribution in [0.2, 0.25) is 0 Å². The second-order valence-electron chi connectivity index (χ2n) is 4.66. The number of sulfonamides is 1. The third kappa shape index (κ3) is 3.02. The molecule has 3 N–H and O–H groups in total. The summed E-state index contributed by atoms with van der Waals surface area (Å²) in [6, 6.07) is 9.31. The molecule has 0 saturated carbocycles. The Bertz CT molecular complexity index is 958. The van der Waals surface area contributed by atoms with Crippen LogP contribution in [0.3, 0.4) is 0 Å². The molecule has 0 fully saturated rings. The number of primary sulfonamides is 1. The first-order valence-electron chi connectivity index (χ1n) is 6.36.